The van der Waals surface area contributed by atoms with E-state index < -0.39 is 21.6 Å². The van der Waals surface area contributed by atoms with Gasteiger partial charge in [-0.25, -0.2) is 4.79 Å². The molecule has 0 spiro atoms. The molecule has 1 fully saturated rings. The molecule has 0 aromatic heterocycles. The Labute approximate surface area is 260 Å². The molecule has 0 unspecified atom stereocenters. The van der Waals surface area contributed by atoms with Crippen molar-refractivity contribution in [2.75, 3.05) is 6.54 Å². The lowest BCUT2D eigenvalue weighted by Crippen LogP contribution is -2.44. The number of aryl methyl sites for hydroxylation is 1. The van der Waals surface area contributed by atoms with Crippen molar-refractivity contribution in [3.63, 3.8) is 0 Å². The number of hydrogen-bond acceptors (Lipinski definition) is 6. The molecule has 0 saturated carbocycles. The number of rotatable bonds is 11. The van der Waals surface area contributed by atoms with Gasteiger partial charge in [0.2, 0.25) is 0 Å². The Balaban J connectivity index is 1.65. The number of carbonyl (C=O) groups is 1. The number of nitro groups is 1. The molecule has 0 radical (unpaired) electrons. The van der Waals surface area contributed by atoms with Gasteiger partial charge in [0.1, 0.15) is 6.61 Å². The van der Waals surface area contributed by atoms with Gasteiger partial charge in [0.15, 0.2) is 16.6 Å². The van der Waals surface area contributed by atoms with E-state index in [0.29, 0.717) is 18.7 Å². The fourth-order valence-corrected chi connectivity index (χ4v) is 6.93. The normalized spacial score (nSPS) is 18.1. The summed E-state index contributed by atoms with van der Waals surface area (Å²) in [7, 11) is -3.83. The summed E-state index contributed by atoms with van der Waals surface area (Å²) in [5.74, 6) is 0. The van der Waals surface area contributed by atoms with Crippen LogP contribution in [0.2, 0.25) is 36.3 Å². The molecule has 1 aliphatic heterocycles. The molecule has 10 heteroatoms. The van der Waals surface area contributed by atoms with Crippen molar-refractivity contribution in [3.8, 4) is 0 Å². The van der Waals surface area contributed by atoms with Crippen molar-refractivity contribution >= 4 is 28.4 Å². The molecule has 2 aromatic carbocycles. The van der Waals surface area contributed by atoms with Crippen LogP contribution < -0.4 is 0 Å². The number of benzene rings is 2. The van der Waals surface area contributed by atoms with Gasteiger partial charge in [-0.15, -0.1) is 0 Å². The van der Waals surface area contributed by atoms with Gasteiger partial charge < -0.3 is 18.5 Å². The van der Waals surface area contributed by atoms with Gasteiger partial charge in [0.25, 0.3) is 5.69 Å². The first kappa shape index (κ1) is 34.9. The lowest BCUT2D eigenvalue weighted by molar-refractivity contribution is -0.384. The second-order valence-electron chi connectivity index (χ2n) is 14.9. The highest BCUT2D eigenvalue weighted by Crippen LogP contribution is 2.40. The summed E-state index contributed by atoms with van der Waals surface area (Å²) in [6.45, 7) is 23.6. The van der Waals surface area contributed by atoms with Crippen LogP contribution in [0.4, 0.5) is 10.5 Å². The van der Waals surface area contributed by atoms with E-state index in [9.17, 15) is 14.9 Å². The summed E-state index contributed by atoms with van der Waals surface area (Å²) in [4.78, 5) is 25.7. The highest BCUT2D eigenvalue weighted by atomic mass is 28.4. The summed E-state index contributed by atoms with van der Waals surface area (Å²) < 4.78 is 18.8. The Kier molecular flexibility index (Phi) is 11.1. The third-order valence-corrected chi connectivity index (χ3v) is 18.6. The van der Waals surface area contributed by atoms with Crippen LogP contribution in [0.3, 0.4) is 0 Å². The second-order valence-corrected chi connectivity index (χ2v) is 24.5. The highest BCUT2D eigenvalue weighted by molar-refractivity contribution is 6.74. The van der Waals surface area contributed by atoms with E-state index in [-0.39, 0.29) is 40.6 Å². The number of likely N-dealkylation sites (tertiary alicyclic amines) is 1. The Morgan fingerprint density at radius 2 is 1.37 bits per heavy atom. The molecular formula is C33H52N2O6Si2. The monoisotopic (exact) mass is 628 g/mol. The Hall–Kier alpha value is -2.54. The SMILES string of the molecule is CC(C)(C)[Si](C)(C)OCc1ccc(CC[C@@H]2C[C@@H](O[Si](C)(C)C(C)(C)C)CN2C(=O)OCc2ccc([N+](=O)[O-])cc2)cc1. The molecule has 0 bridgehead atoms. The average molecular weight is 629 g/mol. The Morgan fingerprint density at radius 1 is 0.860 bits per heavy atom. The molecule has 8 nitrogen and oxygen atoms in total. The van der Waals surface area contributed by atoms with Crippen molar-refractivity contribution in [1.29, 1.82) is 0 Å². The molecular weight excluding hydrogens is 577 g/mol. The van der Waals surface area contributed by atoms with E-state index >= 15 is 0 Å². The first-order valence-electron chi connectivity index (χ1n) is 15.4. The van der Waals surface area contributed by atoms with E-state index in [1.165, 1.54) is 23.3 Å². The average Bonchev–Trinajstić information content (AvgIpc) is 3.30. The molecule has 0 aliphatic carbocycles. The fraction of sp³-hybridized carbons (Fsp3) is 0.606. The van der Waals surface area contributed by atoms with Crippen LogP contribution >= 0.6 is 0 Å². The van der Waals surface area contributed by atoms with Gasteiger partial charge in [-0.05, 0) is 84.4 Å². The maximum atomic E-state index is 13.3. The summed E-state index contributed by atoms with van der Waals surface area (Å²) in [6, 6.07) is 14.7. The smallest absolute Gasteiger partial charge is 0.410 e. The van der Waals surface area contributed by atoms with E-state index in [0.717, 1.165) is 19.3 Å². The molecule has 1 heterocycles. The second kappa shape index (κ2) is 13.6. The zero-order valence-corrected chi connectivity index (χ0v) is 29.9. The van der Waals surface area contributed by atoms with Crippen LogP contribution in [0, 0.1) is 10.1 Å². The van der Waals surface area contributed by atoms with Crippen LogP contribution in [-0.2, 0) is 33.2 Å². The minimum atomic E-state index is -2.02. The molecule has 43 heavy (non-hydrogen) atoms. The lowest BCUT2D eigenvalue weighted by atomic mass is 10.0. The number of non-ortho nitro benzene ring substituents is 1. The highest BCUT2D eigenvalue weighted by Gasteiger charge is 2.44. The molecule has 238 valence electrons. The largest absolute Gasteiger partial charge is 0.445 e. The fourth-order valence-electron chi connectivity index (χ4n) is 4.61. The summed E-state index contributed by atoms with van der Waals surface area (Å²) in [5, 5.41) is 11.2. The van der Waals surface area contributed by atoms with Gasteiger partial charge in [-0.1, -0.05) is 65.8 Å². The number of nitro benzene ring substituents is 1. The molecule has 1 saturated heterocycles. The van der Waals surface area contributed by atoms with Crippen LogP contribution in [0.1, 0.15) is 71.1 Å². The number of amides is 1. The third-order valence-electron chi connectivity index (χ3n) is 9.58. The van der Waals surface area contributed by atoms with E-state index in [2.05, 4.69) is 92.0 Å². The molecule has 2 aromatic rings. The van der Waals surface area contributed by atoms with Crippen LogP contribution in [-0.4, -0.2) is 51.2 Å². The molecule has 1 aliphatic rings. The first-order chi connectivity index (χ1) is 19.8. The molecule has 3 rings (SSSR count). The van der Waals surface area contributed by atoms with E-state index in [4.69, 9.17) is 13.6 Å². The van der Waals surface area contributed by atoms with Gasteiger partial charge in [0.05, 0.1) is 17.6 Å². The van der Waals surface area contributed by atoms with Crippen LogP contribution in [0.15, 0.2) is 48.5 Å². The standard InChI is InChI=1S/C33H52N2O6Si2/c1-32(2,3)42(7,8)40-24-27-13-11-25(12-14-27)15-20-29-21-30(41-43(9,10)33(4,5)6)22-34(29)31(36)39-23-26-16-18-28(19-17-26)35(37)38/h11-14,16-19,29-30H,15,20-24H2,1-10H3/t29-,30-/m1/s1. The molecule has 2 atom stereocenters. The van der Waals surface area contributed by atoms with Gasteiger partial charge in [-0.2, -0.15) is 0 Å². The molecule has 1 amide bonds. The van der Waals surface area contributed by atoms with Crippen LogP contribution in [0.25, 0.3) is 0 Å². The maximum Gasteiger partial charge on any atom is 0.410 e. The molecule has 0 N–H and O–H groups in total. The number of ether oxygens (including phenoxy) is 1. The zero-order valence-electron chi connectivity index (χ0n) is 27.9. The predicted molar refractivity (Wildman–Crippen MR) is 177 cm³/mol. The van der Waals surface area contributed by atoms with Crippen LogP contribution in [0.5, 0.6) is 0 Å². The minimum Gasteiger partial charge on any atom is -0.445 e. The Morgan fingerprint density at radius 3 is 1.91 bits per heavy atom. The van der Waals surface area contributed by atoms with Crippen molar-refractivity contribution < 1.29 is 23.3 Å². The third kappa shape index (κ3) is 9.47. The summed E-state index contributed by atoms with van der Waals surface area (Å²) in [5.41, 5.74) is 3.12. The van der Waals surface area contributed by atoms with Crippen molar-refractivity contribution in [1.82, 2.24) is 4.90 Å². The van der Waals surface area contributed by atoms with Crippen molar-refractivity contribution in [2.45, 2.75) is 122 Å². The van der Waals surface area contributed by atoms with E-state index in [1.807, 2.05) is 4.90 Å². The van der Waals surface area contributed by atoms with Crippen molar-refractivity contribution in [3.05, 3.63) is 75.3 Å². The van der Waals surface area contributed by atoms with Gasteiger partial charge in [-0.3, -0.25) is 10.1 Å². The maximum absolute atomic E-state index is 13.3. The Bertz CT molecular complexity index is 1230. The predicted octanol–water partition coefficient (Wildman–Crippen LogP) is 8.85. The first-order valence-corrected chi connectivity index (χ1v) is 21.2. The van der Waals surface area contributed by atoms with Gasteiger partial charge >= 0.3 is 6.09 Å². The minimum absolute atomic E-state index is 0.000670. The van der Waals surface area contributed by atoms with E-state index in [1.54, 1.807) is 12.1 Å². The summed E-state index contributed by atoms with van der Waals surface area (Å²) >= 11 is 0. The van der Waals surface area contributed by atoms with Gasteiger partial charge in [0, 0.05) is 24.7 Å². The number of carbonyl (C=O) groups excluding carboxylic acids is 1. The topological polar surface area (TPSA) is 91.1 Å². The summed E-state index contributed by atoms with van der Waals surface area (Å²) in [6.07, 6.45) is 2.02. The number of nitrogens with zero attached hydrogens (tertiary/aromatic N) is 2. The number of hydrogen-bond donors (Lipinski definition) is 0. The quantitative estimate of drug-likeness (QED) is 0.140. The van der Waals surface area contributed by atoms with Crippen molar-refractivity contribution in [2.24, 2.45) is 0 Å². The lowest BCUT2D eigenvalue weighted by Gasteiger charge is -2.38. The zero-order chi connectivity index (χ0) is 32.2.